The molecule has 4 nitrogen and oxygen atoms in total. The number of nitrogens with zero attached hydrogens (tertiary/aromatic N) is 2. The van der Waals surface area contributed by atoms with E-state index in [1.807, 2.05) is 12.1 Å². The Balaban J connectivity index is 1.73. The number of carboxylic acids is 1. The van der Waals surface area contributed by atoms with Crippen LogP contribution < -0.4 is 0 Å². The van der Waals surface area contributed by atoms with Crippen molar-refractivity contribution in [3.05, 3.63) is 34.3 Å². The van der Waals surface area contributed by atoms with Gasteiger partial charge in [0.15, 0.2) is 0 Å². The zero-order valence-electron chi connectivity index (χ0n) is 13.0. The van der Waals surface area contributed by atoms with Gasteiger partial charge in [0.2, 0.25) is 0 Å². The van der Waals surface area contributed by atoms with Gasteiger partial charge in [-0.25, -0.2) is 0 Å². The van der Waals surface area contributed by atoms with Crippen molar-refractivity contribution in [1.29, 1.82) is 0 Å². The summed E-state index contributed by atoms with van der Waals surface area (Å²) >= 11 is 3.45. The van der Waals surface area contributed by atoms with E-state index in [2.05, 4.69) is 44.9 Å². The van der Waals surface area contributed by atoms with Crippen LogP contribution >= 0.6 is 15.9 Å². The molecule has 1 atom stereocenters. The number of hydrogen-bond donors (Lipinski definition) is 1. The third-order valence-corrected chi connectivity index (χ3v) is 5.85. The lowest BCUT2D eigenvalue weighted by atomic mass is 9.71. The number of aliphatic carboxylic acids is 1. The number of hydrogen-bond acceptors (Lipinski definition) is 3. The quantitative estimate of drug-likeness (QED) is 0.892. The number of piperidine rings is 1. The smallest absolute Gasteiger partial charge is 0.308 e. The number of likely N-dealkylation sites (tertiary alicyclic amines) is 2. The van der Waals surface area contributed by atoms with Gasteiger partial charge in [-0.3, -0.25) is 9.69 Å². The third-order valence-electron chi connectivity index (χ3n) is 5.32. The van der Waals surface area contributed by atoms with Crippen molar-refractivity contribution in [2.24, 2.45) is 11.3 Å². The van der Waals surface area contributed by atoms with Crippen molar-refractivity contribution in [1.82, 2.24) is 9.80 Å². The minimum atomic E-state index is -0.622. The summed E-state index contributed by atoms with van der Waals surface area (Å²) in [6, 6.07) is 8.32. The van der Waals surface area contributed by atoms with E-state index in [4.69, 9.17) is 0 Å². The van der Waals surface area contributed by atoms with E-state index in [9.17, 15) is 9.90 Å². The van der Waals surface area contributed by atoms with Gasteiger partial charge in [-0.2, -0.15) is 0 Å². The van der Waals surface area contributed by atoms with Crippen molar-refractivity contribution in [2.75, 3.05) is 33.2 Å². The Morgan fingerprint density at radius 1 is 1.32 bits per heavy atom. The summed E-state index contributed by atoms with van der Waals surface area (Å²) < 4.78 is 1.08. The van der Waals surface area contributed by atoms with Crippen LogP contribution in [0.3, 0.4) is 0 Å². The van der Waals surface area contributed by atoms with E-state index in [0.717, 1.165) is 43.5 Å². The third kappa shape index (κ3) is 3.21. The zero-order chi connectivity index (χ0) is 15.7. The Morgan fingerprint density at radius 2 is 1.95 bits per heavy atom. The Morgan fingerprint density at radius 3 is 2.55 bits per heavy atom. The van der Waals surface area contributed by atoms with Crippen LogP contribution in [-0.4, -0.2) is 54.1 Å². The summed E-state index contributed by atoms with van der Waals surface area (Å²) in [5, 5.41) is 9.67. The van der Waals surface area contributed by atoms with Gasteiger partial charge in [-0.05, 0) is 50.7 Å². The molecule has 0 aliphatic carbocycles. The van der Waals surface area contributed by atoms with Crippen LogP contribution in [0.2, 0.25) is 0 Å². The Kier molecular flexibility index (Phi) is 4.57. The largest absolute Gasteiger partial charge is 0.481 e. The number of rotatable bonds is 3. The molecule has 0 radical (unpaired) electrons. The van der Waals surface area contributed by atoms with E-state index in [0.29, 0.717) is 6.54 Å². The topological polar surface area (TPSA) is 43.8 Å². The average Bonchev–Trinajstić information content (AvgIpc) is 2.83. The summed E-state index contributed by atoms with van der Waals surface area (Å²) in [6.07, 6.45) is 1.99. The molecule has 1 spiro atoms. The highest BCUT2D eigenvalue weighted by atomic mass is 79.9. The fourth-order valence-electron chi connectivity index (χ4n) is 3.95. The molecule has 1 N–H and O–H groups in total. The second-order valence-corrected chi connectivity index (χ2v) is 7.77. The molecule has 0 saturated carbocycles. The molecule has 0 bridgehead atoms. The predicted molar refractivity (Wildman–Crippen MR) is 89.7 cm³/mol. The van der Waals surface area contributed by atoms with Crippen molar-refractivity contribution >= 4 is 21.9 Å². The maximum Gasteiger partial charge on any atom is 0.308 e. The van der Waals surface area contributed by atoms with E-state index in [1.54, 1.807) is 0 Å². The number of benzene rings is 1. The summed E-state index contributed by atoms with van der Waals surface area (Å²) in [6.45, 7) is 4.45. The second kappa shape index (κ2) is 6.30. The van der Waals surface area contributed by atoms with E-state index in [1.165, 1.54) is 5.56 Å². The van der Waals surface area contributed by atoms with Gasteiger partial charge in [0, 0.05) is 29.5 Å². The van der Waals surface area contributed by atoms with Crippen LogP contribution in [0.25, 0.3) is 0 Å². The highest BCUT2D eigenvalue weighted by molar-refractivity contribution is 9.10. The van der Waals surface area contributed by atoms with Crippen LogP contribution in [0, 0.1) is 11.3 Å². The molecular weight excluding hydrogens is 344 g/mol. The van der Waals surface area contributed by atoms with Crippen LogP contribution in [0.5, 0.6) is 0 Å². The van der Waals surface area contributed by atoms with Crippen molar-refractivity contribution in [3.63, 3.8) is 0 Å². The monoisotopic (exact) mass is 366 g/mol. The summed E-state index contributed by atoms with van der Waals surface area (Å²) in [5.74, 6) is -0.848. The first kappa shape index (κ1) is 16.0. The van der Waals surface area contributed by atoms with Gasteiger partial charge < -0.3 is 10.0 Å². The maximum atomic E-state index is 11.8. The minimum absolute atomic E-state index is 0.0340. The standard InChI is InChI=1S/C17H23BrN2O2/c1-19-8-6-17(7-9-19)12-20(11-15(17)16(21)22)10-13-2-4-14(18)5-3-13/h2-5,15H,6-12H2,1H3,(H,21,22). The fourth-order valence-corrected chi connectivity index (χ4v) is 4.22. The van der Waals surface area contributed by atoms with Crippen LogP contribution in [0.4, 0.5) is 0 Å². The summed E-state index contributed by atoms with van der Waals surface area (Å²) in [7, 11) is 2.12. The molecule has 2 saturated heterocycles. The van der Waals surface area contributed by atoms with Crippen molar-refractivity contribution < 1.29 is 9.90 Å². The molecule has 3 rings (SSSR count). The number of halogens is 1. The van der Waals surface area contributed by atoms with E-state index < -0.39 is 5.97 Å². The predicted octanol–water partition coefficient (Wildman–Crippen LogP) is 2.68. The highest BCUT2D eigenvalue weighted by Gasteiger charge is 2.50. The lowest BCUT2D eigenvalue weighted by Gasteiger charge is -2.40. The fraction of sp³-hybridized carbons (Fsp3) is 0.588. The first-order chi connectivity index (χ1) is 10.5. The zero-order valence-corrected chi connectivity index (χ0v) is 14.6. The van der Waals surface area contributed by atoms with Gasteiger partial charge >= 0.3 is 5.97 Å². The van der Waals surface area contributed by atoms with Crippen LogP contribution in [0.15, 0.2) is 28.7 Å². The van der Waals surface area contributed by atoms with E-state index in [-0.39, 0.29) is 11.3 Å². The molecule has 2 fully saturated rings. The normalized spacial score (nSPS) is 25.6. The van der Waals surface area contributed by atoms with Gasteiger partial charge in [0.1, 0.15) is 0 Å². The molecule has 2 aliphatic heterocycles. The lowest BCUT2D eigenvalue weighted by Crippen LogP contribution is -2.44. The Hall–Kier alpha value is -0.910. The van der Waals surface area contributed by atoms with Gasteiger partial charge in [-0.1, -0.05) is 28.1 Å². The second-order valence-electron chi connectivity index (χ2n) is 6.85. The molecule has 0 aromatic heterocycles. The van der Waals surface area contributed by atoms with Gasteiger partial charge in [0.25, 0.3) is 0 Å². The van der Waals surface area contributed by atoms with Gasteiger partial charge in [0.05, 0.1) is 5.92 Å². The molecule has 5 heteroatoms. The van der Waals surface area contributed by atoms with Gasteiger partial charge in [-0.15, -0.1) is 0 Å². The first-order valence-electron chi connectivity index (χ1n) is 7.87. The average molecular weight is 367 g/mol. The Labute approximate surface area is 140 Å². The van der Waals surface area contributed by atoms with Crippen LogP contribution in [-0.2, 0) is 11.3 Å². The van der Waals surface area contributed by atoms with Crippen molar-refractivity contribution in [3.8, 4) is 0 Å². The minimum Gasteiger partial charge on any atom is -0.481 e. The lowest BCUT2D eigenvalue weighted by molar-refractivity contribution is -0.145. The SMILES string of the molecule is CN1CCC2(CC1)CN(Cc1ccc(Br)cc1)CC2C(=O)O. The van der Waals surface area contributed by atoms with Crippen LogP contribution in [0.1, 0.15) is 18.4 Å². The van der Waals surface area contributed by atoms with E-state index >= 15 is 0 Å². The first-order valence-corrected chi connectivity index (χ1v) is 8.66. The highest BCUT2D eigenvalue weighted by Crippen LogP contribution is 2.45. The molecule has 2 aliphatic rings. The molecule has 120 valence electrons. The Bertz CT molecular complexity index is 538. The molecule has 22 heavy (non-hydrogen) atoms. The molecular formula is C17H23BrN2O2. The molecule has 1 aromatic carbocycles. The summed E-state index contributed by atoms with van der Waals surface area (Å²) in [4.78, 5) is 16.4. The molecule has 0 amide bonds. The van der Waals surface area contributed by atoms with Crippen molar-refractivity contribution in [2.45, 2.75) is 19.4 Å². The molecule has 1 aromatic rings. The molecule has 1 unspecified atom stereocenters. The number of carbonyl (C=O) groups is 1. The molecule has 2 heterocycles. The number of carboxylic acid groups (broad SMARTS) is 1. The summed E-state index contributed by atoms with van der Waals surface area (Å²) in [5.41, 5.74) is 1.21. The maximum absolute atomic E-state index is 11.8.